The fourth-order valence-electron chi connectivity index (χ4n) is 2.46. The van der Waals surface area contributed by atoms with Gasteiger partial charge < -0.3 is 15.1 Å². The van der Waals surface area contributed by atoms with Gasteiger partial charge in [-0.3, -0.25) is 0 Å². The molecule has 0 saturated carbocycles. The van der Waals surface area contributed by atoms with E-state index in [-0.39, 0.29) is 5.63 Å². The van der Waals surface area contributed by atoms with Crippen molar-refractivity contribution in [2.45, 2.75) is 13.5 Å². The molecule has 5 heteroatoms. The van der Waals surface area contributed by atoms with Crippen LogP contribution >= 0.6 is 11.6 Å². The molecule has 124 valence electrons. The van der Waals surface area contributed by atoms with Gasteiger partial charge in [0.15, 0.2) is 0 Å². The van der Waals surface area contributed by atoms with Gasteiger partial charge in [-0.1, -0.05) is 23.7 Å². The third-order valence-corrected chi connectivity index (χ3v) is 4.22. The number of hydrogen-bond donors (Lipinski definition) is 2. The SMILES string of the molecule is Cc1ccc(NCCNCc2ccc3oc(=O)ccc3c2)cc1Cl. The van der Waals surface area contributed by atoms with Crippen molar-refractivity contribution in [1.82, 2.24) is 5.32 Å². The fourth-order valence-corrected chi connectivity index (χ4v) is 2.64. The summed E-state index contributed by atoms with van der Waals surface area (Å²) in [6.45, 7) is 4.38. The smallest absolute Gasteiger partial charge is 0.336 e. The van der Waals surface area contributed by atoms with Crippen LogP contribution in [0.15, 0.2) is 57.7 Å². The number of aryl methyl sites for hydroxylation is 1. The summed E-state index contributed by atoms with van der Waals surface area (Å²) in [7, 11) is 0. The average Bonchev–Trinajstić information content (AvgIpc) is 2.57. The maximum atomic E-state index is 11.2. The van der Waals surface area contributed by atoms with Gasteiger partial charge in [0.1, 0.15) is 5.58 Å². The monoisotopic (exact) mass is 342 g/mol. The second kappa shape index (κ2) is 7.51. The number of benzene rings is 2. The van der Waals surface area contributed by atoms with Crippen molar-refractivity contribution in [2.75, 3.05) is 18.4 Å². The standard InChI is InChI=1S/C19H19ClN2O2/c1-13-2-5-16(11-17(13)20)22-9-8-21-12-14-3-6-18-15(10-14)4-7-19(23)24-18/h2-7,10-11,21-22H,8-9,12H2,1H3. The lowest BCUT2D eigenvalue weighted by Crippen LogP contribution is -2.21. The van der Waals surface area contributed by atoms with Crippen LogP contribution in [0.1, 0.15) is 11.1 Å². The zero-order valence-electron chi connectivity index (χ0n) is 13.4. The molecule has 0 aliphatic rings. The van der Waals surface area contributed by atoms with Crippen molar-refractivity contribution in [1.29, 1.82) is 0 Å². The molecule has 0 unspecified atom stereocenters. The largest absolute Gasteiger partial charge is 0.423 e. The van der Waals surface area contributed by atoms with E-state index in [1.165, 1.54) is 6.07 Å². The van der Waals surface area contributed by atoms with Gasteiger partial charge in [-0.15, -0.1) is 0 Å². The number of hydrogen-bond acceptors (Lipinski definition) is 4. The van der Waals surface area contributed by atoms with E-state index in [0.717, 1.165) is 46.9 Å². The fraction of sp³-hybridized carbons (Fsp3) is 0.211. The molecule has 0 spiro atoms. The number of nitrogens with one attached hydrogen (secondary N) is 2. The molecule has 2 N–H and O–H groups in total. The predicted octanol–water partition coefficient (Wildman–Crippen LogP) is 3.96. The second-order valence-electron chi connectivity index (χ2n) is 5.69. The minimum absolute atomic E-state index is 0.323. The van der Waals surface area contributed by atoms with Crippen molar-refractivity contribution in [3.05, 3.63) is 75.1 Å². The molecule has 4 nitrogen and oxygen atoms in total. The quantitative estimate of drug-likeness (QED) is 0.526. The van der Waals surface area contributed by atoms with Crippen molar-refractivity contribution in [3.8, 4) is 0 Å². The molecule has 3 rings (SSSR count). The van der Waals surface area contributed by atoms with Crippen LogP contribution in [0.3, 0.4) is 0 Å². The van der Waals surface area contributed by atoms with Crippen molar-refractivity contribution in [3.63, 3.8) is 0 Å². The predicted molar refractivity (Wildman–Crippen MR) is 98.9 cm³/mol. The van der Waals surface area contributed by atoms with Gasteiger partial charge in [0.25, 0.3) is 0 Å². The minimum atomic E-state index is -0.323. The highest BCUT2D eigenvalue weighted by molar-refractivity contribution is 6.31. The van der Waals surface area contributed by atoms with E-state index < -0.39 is 0 Å². The molecule has 0 bridgehead atoms. The highest BCUT2D eigenvalue weighted by atomic mass is 35.5. The average molecular weight is 343 g/mol. The molecule has 0 aliphatic carbocycles. The lowest BCUT2D eigenvalue weighted by atomic mass is 10.1. The Balaban J connectivity index is 1.48. The van der Waals surface area contributed by atoms with E-state index in [1.54, 1.807) is 6.07 Å². The Labute approximate surface area is 145 Å². The summed E-state index contributed by atoms with van der Waals surface area (Å²) in [5.41, 5.74) is 3.54. The first-order chi connectivity index (χ1) is 11.6. The van der Waals surface area contributed by atoms with Crippen molar-refractivity contribution < 1.29 is 4.42 Å². The molecule has 24 heavy (non-hydrogen) atoms. The van der Waals surface area contributed by atoms with Gasteiger partial charge in [0.2, 0.25) is 0 Å². The Morgan fingerprint density at radius 1 is 1.04 bits per heavy atom. The van der Waals surface area contributed by atoms with E-state index in [0.29, 0.717) is 5.58 Å². The van der Waals surface area contributed by atoms with Gasteiger partial charge in [0.05, 0.1) is 0 Å². The molecular weight excluding hydrogens is 324 g/mol. The first-order valence-corrected chi connectivity index (χ1v) is 8.23. The van der Waals surface area contributed by atoms with Crippen LogP contribution in [-0.4, -0.2) is 13.1 Å². The van der Waals surface area contributed by atoms with Crippen molar-refractivity contribution in [2.24, 2.45) is 0 Å². The van der Waals surface area contributed by atoms with Gasteiger partial charge in [-0.2, -0.15) is 0 Å². The summed E-state index contributed by atoms with van der Waals surface area (Å²) in [4.78, 5) is 11.2. The van der Waals surface area contributed by atoms with Crippen LogP contribution in [0, 0.1) is 6.92 Å². The molecule has 1 aromatic heterocycles. The summed E-state index contributed by atoms with van der Waals surface area (Å²) in [6.07, 6.45) is 0. The zero-order chi connectivity index (χ0) is 16.9. The van der Waals surface area contributed by atoms with Crippen LogP contribution in [0.5, 0.6) is 0 Å². The zero-order valence-corrected chi connectivity index (χ0v) is 14.2. The first-order valence-electron chi connectivity index (χ1n) is 7.85. The molecule has 0 radical (unpaired) electrons. The van der Waals surface area contributed by atoms with E-state index in [4.69, 9.17) is 16.0 Å². The summed E-state index contributed by atoms with van der Waals surface area (Å²) in [6, 6.07) is 15.0. The summed E-state index contributed by atoms with van der Waals surface area (Å²) in [5.74, 6) is 0. The minimum Gasteiger partial charge on any atom is -0.423 e. The number of fused-ring (bicyclic) bond motifs is 1. The van der Waals surface area contributed by atoms with Crippen LogP contribution in [0.25, 0.3) is 11.0 Å². The van der Waals surface area contributed by atoms with E-state index in [2.05, 4.69) is 10.6 Å². The Morgan fingerprint density at radius 2 is 1.92 bits per heavy atom. The summed E-state index contributed by atoms with van der Waals surface area (Å²) >= 11 is 6.11. The lowest BCUT2D eigenvalue weighted by Gasteiger charge is -2.09. The van der Waals surface area contributed by atoms with Gasteiger partial charge in [-0.25, -0.2) is 4.79 Å². The normalized spacial score (nSPS) is 10.9. The van der Waals surface area contributed by atoms with Crippen LogP contribution in [0.4, 0.5) is 5.69 Å². The number of anilines is 1. The summed E-state index contributed by atoms with van der Waals surface area (Å²) < 4.78 is 5.13. The maximum Gasteiger partial charge on any atom is 0.336 e. The molecule has 1 heterocycles. The van der Waals surface area contributed by atoms with Gasteiger partial charge >= 0.3 is 5.63 Å². The third-order valence-electron chi connectivity index (χ3n) is 3.82. The Hall–Kier alpha value is -2.30. The van der Waals surface area contributed by atoms with Crippen LogP contribution in [0.2, 0.25) is 5.02 Å². The van der Waals surface area contributed by atoms with Crippen LogP contribution in [-0.2, 0) is 6.54 Å². The third kappa shape index (κ3) is 4.16. The number of halogens is 1. The highest BCUT2D eigenvalue weighted by Gasteiger charge is 2.00. The molecule has 0 aliphatic heterocycles. The Kier molecular flexibility index (Phi) is 5.18. The molecule has 3 aromatic rings. The number of rotatable bonds is 6. The highest BCUT2D eigenvalue weighted by Crippen LogP contribution is 2.19. The van der Waals surface area contributed by atoms with Crippen LogP contribution < -0.4 is 16.3 Å². The maximum absolute atomic E-state index is 11.2. The topological polar surface area (TPSA) is 54.3 Å². The Bertz CT molecular complexity index is 905. The molecule has 0 fully saturated rings. The summed E-state index contributed by atoms with van der Waals surface area (Å²) in [5, 5.41) is 8.43. The molecule has 0 atom stereocenters. The molecule has 0 saturated heterocycles. The lowest BCUT2D eigenvalue weighted by molar-refractivity contribution is 0.561. The first kappa shape index (κ1) is 16.6. The molecule has 2 aromatic carbocycles. The van der Waals surface area contributed by atoms with E-state index in [9.17, 15) is 4.79 Å². The van der Waals surface area contributed by atoms with E-state index in [1.807, 2.05) is 43.3 Å². The van der Waals surface area contributed by atoms with Crippen molar-refractivity contribution >= 4 is 28.3 Å². The van der Waals surface area contributed by atoms with Gasteiger partial charge in [-0.05, 0) is 48.4 Å². The molecular formula is C19H19ClN2O2. The van der Waals surface area contributed by atoms with Gasteiger partial charge in [0, 0.05) is 41.8 Å². The Morgan fingerprint density at radius 3 is 2.75 bits per heavy atom. The molecule has 0 amide bonds. The second-order valence-corrected chi connectivity index (χ2v) is 6.10. The van der Waals surface area contributed by atoms with E-state index >= 15 is 0 Å².